The van der Waals surface area contributed by atoms with Crippen molar-refractivity contribution in [3.8, 4) is 0 Å². The molecule has 3 aliphatic rings. The summed E-state index contributed by atoms with van der Waals surface area (Å²) in [6.07, 6.45) is 10.3. The van der Waals surface area contributed by atoms with Gasteiger partial charge < -0.3 is 14.6 Å². The van der Waals surface area contributed by atoms with Gasteiger partial charge in [0.1, 0.15) is 11.2 Å². The molecule has 1 N–H and O–H groups in total. The summed E-state index contributed by atoms with van der Waals surface area (Å²) < 4.78 is 12.1. The number of ether oxygens (including phenoxy) is 2. The Morgan fingerprint density at radius 3 is 2.52 bits per heavy atom. The standard InChI is InChI=1S/C28H44O5/c1-9-18(2)24(30)33-28(8)16-25(4,5)14-20-11-10-19(3)21(23(20)28)12-13-27(7)17-26(6,31)15-22(29)32-27/h10-11,14,18-19,21,23,31H,9,12-13,15-17H2,1-8H3. The van der Waals surface area contributed by atoms with Crippen molar-refractivity contribution in [2.24, 2.45) is 29.1 Å². The second-order valence-corrected chi connectivity index (χ2v) is 12.5. The minimum Gasteiger partial charge on any atom is -0.459 e. The monoisotopic (exact) mass is 460 g/mol. The molecule has 1 heterocycles. The van der Waals surface area contributed by atoms with Crippen LogP contribution in [0.15, 0.2) is 23.8 Å². The van der Waals surface area contributed by atoms with Crippen molar-refractivity contribution in [3.05, 3.63) is 23.8 Å². The molecule has 0 bridgehead atoms. The Balaban J connectivity index is 1.90. The molecule has 2 aliphatic carbocycles. The number of hydrogen-bond acceptors (Lipinski definition) is 5. The van der Waals surface area contributed by atoms with Crippen LogP contribution in [0.5, 0.6) is 0 Å². The van der Waals surface area contributed by atoms with Gasteiger partial charge in [0.05, 0.1) is 17.9 Å². The van der Waals surface area contributed by atoms with E-state index in [9.17, 15) is 14.7 Å². The lowest BCUT2D eigenvalue weighted by Crippen LogP contribution is -2.52. The lowest BCUT2D eigenvalue weighted by Gasteiger charge is -2.52. The summed E-state index contributed by atoms with van der Waals surface area (Å²) in [5.74, 6) is 0.0480. The Hall–Kier alpha value is -1.62. The zero-order valence-electron chi connectivity index (χ0n) is 21.9. The molecular formula is C28H44O5. The first kappa shape index (κ1) is 26.0. The summed E-state index contributed by atoms with van der Waals surface area (Å²) in [7, 11) is 0. The van der Waals surface area contributed by atoms with E-state index in [1.54, 1.807) is 6.92 Å². The highest BCUT2D eigenvalue weighted by Gasteiger charge is 2.52. The molecule has 7 atom stereocenters. The van der Waals surface area contributed by atoms with E-state index in [0.29, 0.717) is 18.8 Å². The van der Waals surface area contributed by atoms with E-state index < -0.39 is 16.8 Å². The number of carbonyl (C=O) groups excluding carboxylic acids is 2. The largest absolute Gasteiger partial charge is 0.459 e. The van der Waals surface area contributed by atoms with E-state index in [-0.39, 0.29) is 41.5 Å². The number of aliphatic hydroxyl groups is 1. The number of rotatable bonds is 6. The molecule has 186 valence electrons. The van der Waals surface area contributed by atoms with Crippen LogP contribution < -0.4 is 0 Å². The highest BCUT2D eigenvalue weighted by Crippen LogP contribution is 2.54. The fourth-order valence-corrected chi connectivity index (χ4v) is 6.68. The maximum Gasteiger partial charge on any atom is 0.309 e. The third kappa shape index (κ3) is 5.72. The first-order valence-corrected chi connectivity index (χ1v) is 12.7. The fraction of sp³-hybridized carbons (Fsp3) is 0.786. The summed E-state index contributed by atoms with van der Waals surface area (Å²) in [6.45, 7) is 16.3. The minimum absolute atomic E-state index is 0.0411. The van der Waals surface area contributed by atoms with Crippen LogP contribution >= 0.6 is 0 Å². The maximum absolute atomic E-state index is 12.9. The highest BCUT2D eigenvalue weighted by molar-refractivity contribution is 5.73. The quantitative estimate of drug-likeness (QED) is 0.511. The van der Waals surface area contributed by atoms with Crippen LogP contribution in [0.4, 0.5) is 0 Å². The van der Waals surface area contributed by atoms with Gasteiger partial charge in [-0.25, -0.2) is 0 Å². The van der Waals surface area contributed by atoms with Crippen molar-refractivity contribution in [3.63, 3.8) is 0 Å². The van der Waals surface area contributed by atoms with E-state index in [4.69, 9.17) is 9.47 Å². The van der Waals surface area contributed by atoms with E-state index in [0.717, 1.165) is 19.3 Å². The average molecular weight is 461 g/mol. The summed E-state index contributed by atoms with van der Waals surface area (Å²) in [5, 5.41) is 10.6. The molecule has 7 unspecified atom stereocenters. The minimum atomic E-state index is -1.04. The van der Waals surface area contributed by atoms with Gasteiger partial charge in [-0.15, -0.1) is 0 Å². The van der Waals surface area contributed by atoms with Gasteiger partial charge in [-0.3, -0.25) is 9.59 Å². The van der Waals surface area contributed by atoms with E-state index in [1.807, 2.05) is 20.8 Å². The summed E-state index contributed by atoms with van der Waals surface area (Å²) >= 11 is 0. The van der Waals surface area contributed by atoms with Gasteiger partial charge in [-0.05, 0) is 69.3 Å². The number of hydrogen-bond donors (Lipinski definition) is 1. The Bertz CT molecular complexity index is 837. The Labute approximate surface area is 200 Å². The van der Waals surface area contributed by atoms with Gasteiger partial charge in [0.15, 0.2) is 0 Å². The van der Waals surface area contributed by atoms with Crippen LogP contribution in [-0.2, 0) is 19.1 Å². The molecule has 5 nitrogen and oxygen atoms in total. The third-order valence-corrected chi connectivity index (χ3v) is 8.07. The molecule has 5 heteroatoms. The van der Waals surface area contributed by atoms with E-state index in [1.165, 1.54) is 5.57 Å². The van der Waals surface area contributed by atoms with Crippen molar-refractivity contribution in [1.82, 2.24) is 0 Å². The van der Waals surface area contributed by atoms with Gasteiger partial charge in [0.25, 0.3) is 0 Å². The zero-order valence-corrected chi connectivity index (χ0v) is 21.9. The molecule has 33 heavy (non-hydrogen) atoms. The molecule has 0 spiro atoms. The van der Waals surface area contributed by atoms with E-state index in [2.05, 4.69) is 45.9 Å². The first-order chi connectivity index (χ1) is 15.1. The molecule has 0 radical (unpaired) electrons. The number of cyclic esters (lactones) is 1. The maximum atomic E-state index is 12.9. The smallest absolute Gasteiger partial charge is 0.309 e. The first-order valence-electron chi connectivity index (χ1n) is 12.7. The SMILES string of the molecule is CCC(C)C(=O)OC1(C)CC(C)(C)C=C2C=CC(C)C(CCC3(C)CC(C)(O)CC(=O)O3)C21. The molecule has 3 rings (SSSR count). The molecule has 0 aromatic heterocycles. The predicted octanol–water partition coefficient (Wildman–Crippen LogP) is 5.76. The normalized spacial score (nSPS) is 40.9. The van der Waals surface area contributed by atoms with Gasteiger partial charge >= 0.3 is 11.9 Å². The second-order valence-electron chi connectivity index (χ2n) is 12.5. The van der Waals surface area contributed by atoms with Crippen molar-refractivity contribution in [2.45, 2.75) is 111 Å². The van der Waals surface area contributed by atoms with Crippen LogP contribution in [0, 0.1) is 29.1 Å². The predicted molar refractivity (Wildman–Crippen MR) is 129 cm³/mol. The van der Waals surface area contributed by atoms with Crippen molar-refractivity contribution >= 4 is 11.9 Å². The highest BCUT2D eigenvalue weighted by atomic mass is 16.6. The van der Waals surface area contributed by atoms with Crippen molar-refractivity contribution in [2.75, 3.05) is 0 Å². The molecule has 0 aromatic carbocycles. The van der Waals surface area contributed by atoms with Crippen molar-refractivity contribution < 1.29 is 24.2 Å². The number of fused-ring (bicyclic) bond motifs is 1. The topological polar surface area (TPSA) is 72.8 Å². The molecular weight excluding hydrogens is 416 g/mol. The van der Waals surface area contributed by atoms with Crippen molar-refractivity contribution in [1.29, 1.82) is 0 Å². The Morgan fingerprint density at radius 1 is 1.24 bits per heavy atom. The van der Waals surface area contributed by atoms with E-state index >= 15 is 0 Å². The van der Waals surface area contributed by atoms with Gasteiger partial charge in [-0.1, -0.05) is 52.8 Å². The molecule has 0 aromatic rings. The van der Waals surface area contributed by atoms with Crippen LogP contribution in [0.25, 0.3) is 0 Å². The molecule has 1 fully saturated rings. The molecule has 0 saturated carbocycles. The molecule has 0 amide bonds. The Kier molecular flexibility index (Phi) is 6.98. The zero-order chi connectivity index (χ0) is 24.8. The summed E-state index contributed by atoms with van der Waals surface area (Å²) in [5.41, 5.74) is -1.17. The average Bonchev–Trinajstić information content (AvgIpc) is 2.63. The lowest BCUT2D eigenvalue weighted by molar-refractivity contribution is -0.187. The number of esters is 2. The van der Waals surface area contributed by atoms with Crippen LogP contribution in [-0.4, -0.2) is 33.8 Å². The van der Waals surface area contributed by atoms with Crippen LogP contribution in [0.2, 0.25) is 0 Å². The summed E-state index contributed by atoms with van der Waals surface area (Å²) in [6, 6.07) is 0. The number of carbonyl (C=O) groups is 2. The van der Waals surface area contributed by atoms with Crippen LogP contribution in [0.1, 0.15) is 93.9 Å². The third-order valence-electron chi connectivity index (χ3n) is 8.07. The van der Waals surface area contributed by atoms with Gasteiger partial charge in [0, 0.05) is 12.3 Å². The fourth-order valence-electron chi connectivity index (χ4n) is 6.68. The second kappa shape index (κ2) is 8.87. The Morgan fingerprint density at radius 2 is 1.91 bits per heavy atom. The van der Waals surface area contributed by atoms with Gasteiger partial charge in [-0.2, -0.15) is 0 Å². The van der Waals surface area contributed by atoms with Crippen LogP contribution in [0.3, 0.4) is 0 Å². The molecule has 1 saturated heterocycles. The van der Waals surface area contributed by atoms with Gasteiger partial charge in [0.2, 0.25) is 0 Å². The number of allylic oxidation sites excluding steroid dienone is 3. The lowest BCUT2D eigenvalue weighted by atomic mass is 9.57. The summed E-state index contributed by atoms with van der Waals surface area (Å²) in [4.78, 5) is 25.1. The molecule has 1 aliphatic heterocycles.